The standard InChI is InChI=1S/C17H31N3/c1-7-17(4,5)14-8-9-15(18-6)16(10-14)20-11-19-12(2)13(20)3/h11,14-16,18H,7-10H2,1-6H3. The lowest BCUT2D eigenvalue weighted by molar-refractivity contribution is 0.102. The molecule has 3 heteroatoms. The number of rotatable bonds is 4. The highest BCUT2D eigenvalue weighted by atomic mass is 15.1. The first kappa shape index (κ1) is 15.6. The predicted molar refractivity (Wildman–Crippen MR) is 85.0 cm³/mol. The molecule has 0 radical (unpaired) electrons. The molecule has 0 aliphatic heterocycles. The van der Waals surface area contributed by atoms with Gasteiger partial charge in [0.05, 0.1) is 18.1 Å². The molecule has 20 heavy (non-hydrogen) atoms. The van der Waals surface area contributed by atoms with E-state index in [0.717, 1.165) is 11.6 Å². The number of nitrogens with zero attached hydrogens (tertiary/aromatic N) is 2. The maximum absolute atomic E-state index is 4.50. The van der Waals surface area contributed by atoms with E-state index >= 15 is 0 Å². The van der Waals surface area contributed by atoms with Gasteiger partial charge in [0.1, 0.15) is 0 Å². The van der Waals surface area contributed by atoms with Gasteiger partial charge in [0.2, 0.25) is 0 Å². The molecule has 3 atom stereocenters. The van der Waals surface area contributed by atoms with Crippen molar-refractivity contribution in [3.05, 3.63) is 17.7 Å². The molecule has 0 spiro atoms. The van der Waals surface area contributed by atoms with Crippen molar-refractivity contribution in [2.24, 2.45) is 11.3 Å². The van der Waals surface area contributed by atoms with Gasteiger partial charge >= 0.3 is 0 Å². The van der Waals surface area contributed by atoms with Crippen molar-refractivity contribution in [3.63, 3.8) is 0 Å². The van der Waals surface area contributed by atoms with Crippen LogP contribution in [0.5, 0.6) is 0 Å². The van der Waals surface area contributed by atoms with Gasteiger partial charge in [-0.2, -0.15) is 0 Å². The van der Waals surface area contributed by atoms with Crippen LogP contribution in [-0.2, 0) is 0 Å². The second kappa shape index (κ2) is 5.88. The average Bonchev–Trinajstić information content (AvgIpc) is 2.78. The van der Waals surface area contributed by atoms with Gasteiger partial charge in [-0.25, -0.2) is 4.98 Å². The van der Waals surface area contributed by atoms with E-state index < -0.39 is 0 Å². The average molecular weight is 277 g/mol. The van der Waals surface area contributed by atoms with Gasteiger partial charge in [0.25, 0.3) is 0 Å². The summed E-state index contributed by atoms with van der Waals surface area (Å²) in [5, 5.41) is 3.53. The molecule has 3 unspecified atom stereocenters. The third-order valence-electron chi connectivity index (χ3n) is 5.85. The summed E-state index contributed by atoms with van der Waals surface area (Å²) in [6.07, 6.45) is 7.18. The Hall–Kier alpha value is -0.830. The van der Waals surface area contributed by atoms with Crippen LogP contribution in [-0.4, -0.2) is 22.6 Å². The first-order valence-electron chi connectivity index (χ1n) is 8.08. The van der Waals surface area contributed by atoms with Crippen LogP contribution in [0.4, 0.5) is 0 Å². The number of aromatic nitrogens is 2. The number of hydrogen-bond acceptors (Lipinski definition) is 2. The largest absolute Gasteiger partial charge is 0.330 e. The minimum Gasteiger partial charge on any atom is -0.330 e. The number of hydrogen-bond donors (Lipinski definition) is 1. The Balaban J connectivity index is 2.25. The highest BCUT2D eigenvalue weighted by Crippen LogP contribution is 2.44. The summed E-state index contributed by atoms with van der Waals surface area (Å²) in [5.41, 5.74) is 2.93. The van der Waals surface area contributed by atoms with Crippen molar-refractivity contribution >= 4 is 0 Å². The molecular weight excluding hydrogens is 246 g/mol. The second-order valence-corrected chi connectivity index (χ2v) is 7.14. The summed E-state index contributed by atoms with van der Waals surface area (Å²) >= 11 is 0. The van der Waals surface area contributed by atoms with Crippen LogP contribution < -0.4 is 5.32 Å². The van der Waals surface area contributed by atoms with Crippen LogP contribution in [0.2, 0.25) is 0 Å². The van der Waals surface area contributed by atoms with E-state index in [2.05, 4.69) is 56.5 Å². The van der Waals surface area contributed by atoms with Gasteiger partial charge in [-0.1, -0.05) is 27.2 Å². The fourth-order valence-electron chi connectivity index (χ4n) is 3.64. The Labute approximate surface area is 124 Å². The van der Waals surface area contributed by atoms with Gasteiger partial charge in [0, 0.05) is 11.7 Å². The molecule has 2 rings (SSSR count). The van der Waals surface area contributed by atoms with Gasteiger partial charge in [0.15, 0.2) is 0 Å². The van der Waals surface area contributed by atoms with Crippen molar-refractivity contribution in [1.29, 1.82) is 0 Å². The fourth-order valence-corrected chi connectivity index (χ4v) is 3.64. The molecule has 1 aromatic heterocycles. The number of aryl methyl sites for hydroxylation is 1. The molecule has 1 aliphatic carbocycles. The lowest BCUT2D eigenvalue weighted by atomic mass is 9.67. The first-order valence-corrected chi connectivity index (χ1v) is 8.08. The monoisotopic (exact) mass is 277 g/mol. The van der Waals surface area contributed by atoms with Gasteiger partial charge in [-0.3, -0.25) is 0 Å². The summed E-state index contributed by atoms with van der Waals surface area (Å²) in [5.74, 6) is 0.809. The zero-order valence-electron chi connectivity index (χ0n) is 14.0. The molecule has 0 amide bonds. The Morgan fingerprint density at radius 1 is 1.35 bits per heavy atom. The molecule has 114 valence electrons. The number of likely N-dealkylation sites (N-methyl/N-ethyl adjacent to an activating group) is 1. The third-order valence-corrected chi connectivity index (χ3v) is 5.85. The zero-order valence-corrected chi connectivity index (χ0v) is 14.0. The van der Waals surface area contributed by atoms with E-state index in [1.54, 1.807) is 0 Å². The zero-order chi connectivity index (χ0) is 14.9. The molecule has 1 fully saturated rings. The second-order valence-electron chi connectivity index (χ2n) is 7.14. The van der Waals surface area contributed by atoms with Gasteiger partial charge in [-0.05, 0) is 51.5 Å². The maximum Gasteiger partial charge on any atom is 0.0954 e. The van der Waals surface area contributed by atoms with Crippen molar-refractivity contribution in [2.45, 2.75) is 72.4 Å². The first-order chi connectivity index (χ1) is 9.40. The maximum atomic E-state index is 4.50. The summed E-state index contributed by atoms with van der Waals surface area (Å²) in [4.78, 5) is 4.50. The summed E-state index contributed by atoms with van der Waals surface area (Å²) in [6.45, 7) is 11.5. The van der Waals surface area contributed by atoms with E-state index in [4.69, 9.17) is 0 Å². The Morgan fingerprint density at radius 3 is 2.55 bits per heavy atom. The lowest BCUT2D eigenvalue weighted by Gasteiger charge is -2.43. The Kier molecular flexibility index (Phi) is 4.58. The van der Waals surface area contributed by atoms with Crippen molar-refractivity contribution in [3.8, 4) is 0 Å². The Bertz CT molecular complexity index is 447. The normalized spacial score (nSPS) is 27.8. The molecule has 0 bridgehead atoms. The SMILES string of the molecule is CCC(C)(C)C1CCC(NC)C(n2cnc(C)c2C)C1. The molecule has 1 aliphatic rings. The summed E-state index contributed by atoms with van der Waals surface area (Å²) in [7, 11) is 2.10. The number of imidazole rings is 1. The molecule has 0 saturated heterocycles. The summed E-state index contributed by atoms with van der Waals surface area (Å²) in [6, 6.07) is 1.12. The van der Waals surface area contributed by atoms with E-state index in [1.807, 2.05) is 6.33 Å². The molecule has 1 heterocycles. The Morgan fingerprint density at radius 2 is 2.05 bits per heavy atom. The van der Waals surface area contributed by atoms with Crippen LogP contribution in [0.3, 0.4) is 0 Å². The van der Waals surface area contributed by atoms with E-state index in [-0.39, 0.29) is 0 Å². The highest BCUT2D eigenvalue weighted by molar-refractivity contribution is 5.11. The fraction of sp³-hybridized carbons (Fsp3) is 0.824. The minimum absolute atomic E-state index is 0.445. The van der Waals surface area contributed by atoms with Crippen LogP contribution in [0.15, 0.2) is 6.33 Å². The quantitative estimate of drug-likeness (QED) is 0.905. The van der Waals surface area contributed by atoms with E-state index in [1.165, 1.54) is 31.4 Å². The lowest BCUT2D eigenvalue weighted by Crippen LogP contribution is -2.43. The summed E-state index contributed by atoms with van der Waals surface area (Å²) < 4.78 is 2.41. The molecule has 0 aromatic carbocycles. The van der Waals surface area contributed by atoms with E-state index in [9.17, 15) is 0 Å². The molecule has 1 saturated carbocycles. The van der Waals surface area contributed by atoms with Crippen molar-refractivity contribution in [2.75, 3.05) is 7.05 Å². The van der Waals surface area contributed by atoms with Crippen molar-refractivity contribution < 1.29 is 0 Å². The smallest absolute Gasteiger partial charge is 0.0954 e. The highest BCUT2D eigenvalue weighted by Gasteiger charge is 2.37. The third kappa shape index (κ3) is 2.78. The van der Waals surface area contributed by atoms with Crippen LogP contribution >= 0.6 is 0 Å². The van der Waals surface area contributed by atoms with Crippen molar-refractivity contribution in [1.82, 2.24) is 14.9 Å². The molecule has 1 aromatic rings. The molecular formula is C17H31N3. The van der Waals surface area contributed by atoms with Crippen LogP contribution in [0, 0.1) is 25.2 Å². The number of nitrogens with one attached hydrogen (secondary N) is 1. The predicted octanol–water partition coefficient (Wildman–Crippen LogP) is 3.87. The van der Waals surface area contributed by atoms with Gasteiger partial charge < -0.3 is 9.88 Å². The molecule has 1 N–H and O–H groups in total. The van der Waals surface area contributed by atoms with Gasteiger partial charge in [-0.15, -0.1) is 0 Å². The topological polar surface area (TPSA) is 29.9 Å². The van der Waals surface area contributed by atoms with Crippen LogP contribution in [0.1, 0.15) is 63.9 Å². The van der Waals surface area contributed by atoms with E-state index in [0.29, 0.717) is 17.5 Å². The molecule has 3 nitrogen and oxygen atoms in total. The minimum atomic E-state index is 0.445. The van der Waals surface area contributed by atoms with Crippen LogP contribution in [0.25, 0.3) is 0 Å².